The first-order chi connectivity index (χ1) is 32.5. The van der Waals surface area contributed by atoms with Gasteiger partial charge in [0.05, 0.1) is 70.4 Å². The maximum atomic E-state index is 13.4. The van der Waals surface area contributed by atoms with Crippen LogP contribution in [0.1, 0.15) is 123 Å². The number of hydrogen-bond donors (Lipinski definition) is 2. The number of pyridine rings is 1. The van der Waals surface area contributed by atoms with Crippen LogP contribution >= 0.6 is 0 Å². The smallest absolute Gasteiger partial charge is 0.264 e. The van der Waals surface area contributed by atoms with Crippen molar-refractivity contribution in [1.82, 2.24) is 20.1 Å². The molecule has 1 saturated heterocycles. The summed E-state index contributed by atoms with van der Waals surface area (Å²) >= 11 is 0. The zero-order valence-corrected chi connectivity index (χ0v) is 39.6. The highest BCUT2D eigenvalue weighted by Crippen LogP contribution is 2.69. The molecular weight excluding hydrogens is 851 g/mol. The van der Waals surface area contributed by atoms with E-state index in [0.29, 0.717) is 100 Å². The van der Waals surface area contributed by atoms with Crippen LogP contribution in [0.4, 0.5) is 5.69 Å². The molecule has 9 atom stereocenters. The van der Waals surface area contributed by atoms with E-state index in [-0.39, 0.29) is 29.9 Å². The van der Waals surface area contributed by atoms with Crippen LogP contribution in [0.2, 0.25) is 0 Å². The van der Waals surface area contributed by atoms with E-state index in [1.807, 2.05) is 24.3 Å². The predicted octanol–water partition coefficient (Wildman–Crippen LogP) is 7.16. The molecule has 2 aliphatic heterocycles. The van der Waals surface area contributed by atoms with Crippen molar-refractivity contribution in [3.05, 3.63) is 71.5 Å². The molecule has 360 valence electrons. The number of nitrogens with one attached hydrogen (secondary N) is 2. The van der Waals surface area contributed by atoms with Gasteiger partial charge in [-0.05, 0) is 140 Å². The first-order valence-electron chi connectivity index (χ1n) is 25.0. The lowest BCUT2D eigenvalue weighted by molar-refractivity contribution is -0.141. The molecular formula is C53H69N5O9. The van der Waals surface area contributed by atoms with Crippen LogP contribution in [0, 0.1) is 34.5 Å². The fraction of sp³-hybridized carbons (Fsp3) is 0.623. The van der Waals surface area contributed by atoms with Gasteiger partial charge in [-0.25, -0.2) is 0 Å². The molecule has 0 radical (unpaired) electrons. The van der Waals surface area contributed by atoms with Crippen LogP contribution in [0.5, 0.6) is 0 Å². The number of piperidine rings is 1. The predicted molar refractivity (Wildman–Crippen MR) is 252 cm³/mol. The lowest BCUT2D eigenvalue weighted by Gasteiger charge is -2.61. The molecule has 5 amide bonds. The van der Waals surface area contributed by atoms with E-state index >= 15 is 0 Å². The molecule has 67 heavy (non-hydrogen) atoms. The van der Waals surface area contributed by atoms with E-state index < -0.39 is 29.7 Å². The number of ether oxygens (including phenoxy) is 4. The monoisotopic (exact) mass is 920 g/mol. The number of fused-ring (bicyclic) bond motifs is 7. The second kappa shape index (κ2) is 20.5. The van der Waals surface area contributed by atoms with E-state index in [4.69, 9.17) is 18.9 Å². The molecule has 14 nitrogen and oxygen atoms in total. The Labute approximate surface area is 394 Å². The van der Waals surface area contributed by atoms with Gasteiger partial charge in [0, 0.05) is 49.5 Å². The molecule has 5 fully saturated rings. The Balaban J connectivity index is 0.611. The van der Waals surface area contributed by atoms with Crippen LogP contribution < -0.4 is 10.6 Å². The van der Waals surface area contributed by atoms with Crippen molar-refractivity contribution in [3.8, 4) is 0 Å². The van der Waals surface area contributed by atoms with Crippen molar-refractivity contribution >= 4 is 46.0 Å². The highest BCUT2D eigenvalue weighted by molar-refractivity contribution is 6.25. The van der Waals surface area contributed by atoms with Gasteiger partial charge < -0.3 is 29.2 Å². The molecule has 9 rings (SSSR count). The summed E-state index contributed by atoms with van der Waals surface area (Å²) < 4.78 is 22.7. The molecule has 2 aromatic carbocycles. The van der Waals surface area contributed by atoms with Crippen molar-refractivity contribution < 1.29 is 42.9 Å². The molecule has 0 spiro atoms. The minimum Gasteiger partial charge on any atom is -0.382 e. The van der Waals surface area contributed by atoms with Gasteiger partial charge in [-0.1, -0.05) is 32.0 Å². The Bertz CT molecular complexity index is 2320. The Morgan fingerprint density at radius 3 is 2.30 bits per heavy atom. The second-order valence-electron chi connectivity index (χ2n) is 20.5. The summed E-state index contributed by atoms with van der Waals surface area (Å²) in [6, 6.07) is 13.5. The van der Waals surface area contributed by atoms with Gasteiger partial charge >= 0.3 is 0 Å². The van der Waals surface area contributed by atoms with Crippen molar-refractivity contribution in [2.75, 3.05) is 71.8 Å². The van der Waals surface area contributed by atoms with Gasteiger partial charge in [0.25, 0.3) is 11.8 Å². The fourth-order valence-corrected chi connectivity index (χ4v) is 13.7. The van der Waals surface area contributed by atoms with Crippen molar-refractivity contribution in [2.45, 2.75) is 109 Å². The quantitative estimate of drug-likeness (QED) is 0.0926. The molecule has 3 heterocycles. The summed E-state index contributed by atoms with van der Waals surface area (Å²) in [6.07, 6.45) is 15.8. The zero-order valence-electron chi connectivity index (χ0n) is 39.6. The number of aromatic nitrogens is 1. The van der Waals surface area contributed by atoms with Crippen molar-refractivity contribution in [3.63, 3.8) is 0 Å². The lowest BCUT2D eigenvalue weighted by atomic mass is 9.44. The lowest BCUT2D eigenvalue weighted by Crippen LogP contribution is -2.55. The third-order valence-electron chi connectivity index (χ3n) is 17.3. The topological polar surface area (TPSA) is 166 Å². The Morgan fingerprint density at radius 1 is 0.791 bits per heavy atom. The number of amides is 5. The summed E-state index contributed by atoms with van der Waals surface area (Å²) in [5.41, 5.74) is 3.17. The van der Waals surface area contributed by atoms with Crippen molar-refractivity contribution in [2.24, 2.45) is 34.5 Å². The Kier molecular flexibility index (Phi) is 14.4. The summed E-state index contributed by atoms with van der Waals surface area (Å²) in [5, 5.41) is 7.91. The number of imide groups is 2. The van der Waals surface area contributed by atoms with Gasteiger partial charge in [0.1, 0.15) is 6.04 Å². The molecule has 0 bridgehead atoms. The van der Waals surface area contributed by atoms with Crippen LogP contribution in [-0.2, 0) is 33.3 Å². The van der Waals surface area contributed by atoms with Crippen LogP contribution in [0.25, 0.3) is 10.8 Å². The fourth-order valence-electron chi connectivity index (χ4n) is 13.7. The Hall–Kier alpha value is -4.76. The zero-order chi connectivity index (χ0) is 46.7. The molecule has 4 saturated carbocycles. The number of carbonyl (C=O) groups is 5. The minimum absolute atomic E-state index is 0.0668. The standard InChI is InChI=1S/C53H69N5O9/c1-52-19-15-38(32-37(52)9-10-39-42-12-11-41(53(42,2)20-16-43(39)52)35-8-7-34-17-21-54-33-36(34)31-35)57(3)47(60)18-23-64-25-27-66-29-30-67-28-26-65-24-22-55-44-6-4-5-40-48(44)51(63)58(50(40)62)45-13-14-46(59)56-49(45)61/h4-8,17,21,31,33,37-39,41-43,45,55H,9-16,18-20,22-30,32H2,1-3H3,(H,56,59,61)/t37-,38?,39-,41+,42-,43-,45?,52-,53+/m0/s1. The van der Waals surface area contributed by atoms with E-state index in [1.165, 1.54) is 61.3 Å². The van der Waals surface area contributed by atoms with E-state index in [2.05, 4.69) is 53.7 Å². The second-order valence-corrected chi connectivity index (χ2v) is 20.5. The van der Waals surface area contributed by atoms with Crippen LogP contribution in [0.15, 0.2) is 54.9 Å². The maximum absolute atomic E-state index is 13.4. The average Bonchev–Trinajstić information content (AvgIpc) is 3.82. The number of benzene rings is 2. The number of nitrogens with zero attached hydrogens (tertiary/aromatic N) is 3. The van der Waals surface area contributed by atoms with Gasteiger partial charge in [0.2, 0.25) is 17.7 Å². The van der Waals surface area contributed by atoms with Gasteiger partial charge in [-0.15, -0.1) is 0 Å². The third-order valence-corrected chi connectivity index (χ3v) is 17.3. The third kappa shape index (κ3) is 9.52. The van der Waals surface area contributed by atoms with E-state index in [1.54, 1.807) is 18.2 Å². The largest absolute Gasteiger partial charge is 0.382 e. The molecule has 2 unspecified atom stereocenters. The average molecular weight is 920 g/mol. The first kappa shape index (κ1) is 47.3. The summed E-state index contributed by atoms with van der Waals surface area (Å²) in [5.74, 6) is 1.73. The summed E-state index contributed by atoms with van der Waals surface area (Å²) in [6.45, 7) is 8.78. The van der Waals surface area contributed by atoms with Crippen LogP contribution in [-0.4, -0.2) is 123 Å². The number of hydrogen-bond acceptors (Lipinski definition) is 11. The van der Waals surface area contributed by atoms with Crippen molar-refractivity contribution in [1.29, 1.82) is 0 Å². The molecule has 4 aliphatic carbocycles. The number of rotatable bonds is 19. The number of carbonyl (C=O) groups excluding carboxylic acids is 5. The maximum Gasteiger partial charge on any atom is 0.264 e. The molecule has 1 aromatic heterocycles. The van der Waals surface area contributed by atoms with Crippen LogP contribution in [0.3, 0.4) is 0 Å². The van der Waals surface area contributed by atoms with E-state index in [0.717, 1.165) is 35.5 Å². The van der Waals surface area contributed by atoms with Gasteiger partial charge in [-0.2, -0.15) is 0 Å². The van der Waals surface area contributed by atoms with Gasteiger partial charge in [0.15, 0.2) is 0 Å². The Morgan fingerprint density at radius 2 is 1.52 bits per heavy atom. The summed E-state index contributed by atoms with van der Waals surface area (Å²) in [4.78, 5) is 71.0. The SMILES string of the molecule is CN(C(=O)CCOCCOCCOCCOCCNc1cccc2c1C(=O)N(C1CCC(=O)NC1=O)C2=O)C1CC[C@@]2(C)[C@@H](CC[C@@H]3[C@@H]2CC[C@]2(C)[C@@H](c4ccc5ccncc5c4)CC[C@@H]32)C1. The number of anilines is 1. The molecule has 14 heteroatoms. The highest BCUT2D eigenvalue weighted by atomic mass is 16.6. The molecule has 6 aliphatic rings. The van der Waals surface area contributed by atoms with Gasteiger partial charge in [-0.3, -0.25) is 39.2 Å². The molecule has 2 N–H and O–H groups in total. The highest BCUT2D eigenvalue weighted by Gasteiger charge is 2.60. The summed E-state index contributed by atoms with van der Waals surface area (Å²) in [7, 11) is 2.00. The normalized spacial score (nSPS) is 30.1. The van der Waals surface area contributed by atoms with E-state index in [9.17, 15) is 24.0 Å². The first-order valence-corrected chi connectivity index (χ1v) is 25.0. The minimum atomic E-state index is -1.01. The molecule has 3 aromatic rings.